The van der Waals surface area contributed by atoms with E-state index in [0.29, 0.717) is 12.4 Å². The van der Waals surface area contributed by atoms with Crippen LogP contribution in [0.2, 0.25) is 0 Å². The second-order valence-electron chi connectivity index (χ2n) is 5.01. The normalized spacial score (nSPS) is 11.0. The maximum Gasteiger partial charge on any atom is 0.287 e. The van der Waals surface area contributed by atoms with E-state index in [-0.39, 0.29) is 5.91 Å². The van der Waals surface area contributed by atoms with E-state index in [4.69, 9.17) is 0 Å². The molecular formula is C17H13N3OS2. The number of nitrogens with one attached hydrogen (secondary N) is 1. The lowest BCUT2D eigenvalue weighted by atomic mass is 10.2. The Morgan fingerprint density at radius 1 is 1.17 bits per heavy atom. The van der Waals surface area contributed by atoms with Gasteiger partial charge in [-0.1, -0.05) is 12.1 Å². The van der Waals surface area contributed by atoms with Crippen LogP contribution in [-0.2, 0) is 6.54 Å². The zero-order chi connectivity index (χ0) is 15.6. The van der Waals surface area contributed by atoms with Gasteiger partial charge in [0.15, 0.2) is 0 Å². The van der Waals surface area contributed by atoms with Crippen LogP contribution in [0.15, 0.2) is 58.7 Å². The molecule has 0 spiro atoms. The van der Waals surface area contributed by atoms with Crippen LogP contribution in [0, 0.1) is 0 Å². The molecule has 6 heteroatoms. The fraction of sp³-hybridized carbons (Fsp3) is 0.0588. The fourth-order valence-electron chi connectivity index (χ4n) is 2.47. The highest BCUT2D eigenvalue weighted by molar-refractivity contribution is 7.09. The molecule has 0 aliphatic heterocycles. The molecule has 0 aliphatic rings. The summed E-state index contributed by atoms with van der Waals surface area (Å²) in [6.07, 6.45) is 1.87. The molecule has 0 saturated carbocycles. The standard InChI is InChI=1S/C17H13N3OS2/c21-17(18-10-13-4-3-8-23-13)16-19-15(12-6-9-22-11-12)14-5-1-2-7-20(14)16/h1-9,11H,10H2,(H,18,21). The summed E-state index contributed by atoms with van der Waals surface area (Å²) in [4.78, 5) is 18.3. The average Bonchev–Trinajstić information content (AvgIpc) is 3.31. The SMILES string of the molecule is O=C(NCc1cccs1)c1nc(-c2ccsc2)c2ccccn12. The second-order valence-corrected chi connectivity index (χ2v) is 6.83. The number of hydrogen-bond acceptors (Lipinski definition) is 4. The summed E-state index contributed by atoms with van der Waals surface area (Å²) in [5.74, 6) is 0.249. The van der Waals surface area contributed by atoms with Crippen LogP contribution in [-0.4, -0.2) is 15.3 Å². The summed E-state index contributed by atoms with van der Waals surface area (Å²) < 4.78 is 1.84. The van der Waals surface area contributed by atoms with Gasteiger partial charge in [0.05, 0.1) is 17.8 Å². The van der Waals surface area contributed by atoms with Gasteiger partial charge >= 0.3 is 0 Å². The maximum atomic E-state index is 12.5. The Morgan fingerprint density at radius 2 is 2.13 bits per heavy atom. The van der Waals surface area contributed by atoms with E-state index in [9.17, 15) is 4.79 Å². The number of thiophene rings is 2. The van der Waals surface area contributed by atoms with Crippen LogP contribution in [0.5, 0.6) is 0 Å². The van der Waals surface area contributed by atoms with Crippen LogP contribution in [0.25, 0.3) is 16.8 Å². The first-order chi connectivity index (χ1) is 11.3. The highest BCUT2D eigenvalue weighted by Crippen LogP contribution is 2.26. The number of carbonyl (C=O) groups is 1. The molecule has 23 heavy (non-hydrogen) atoms. The molecule has 1 N–H and O–H groups in total. The molecule has 114 valence electrons. The molecule has 4 rings (SSSR count). The highest BCUT2D eigenvalue weighted by atomic mass is 32.1. The summed E-state index contributed by atoms with van der Waals surface area (Å²) in [5.41, 5.74) is 2.82. The molecule has 0 atom stereocenters. The topological polar surface area (TPSA) is 46.4 Å². The summed E-state index contributed by atoms with van der Waals surface area (Å²) in [6.45, 7) is 0.520. The zero-order valence-corrected chi connectivity index (χ0v) is 13.7. The Labute approximate surface area is 141 Å². The molecule has 4 aromatic rings. The molecule has 0 aromatic carbocycles. The number of carbonyl (C=O) groups excluding carboxylic acids is 1. The predicted octanol–water partition coefficient (Wildman–Crippen LogP) is 4.05. The van der Waals surface area contributed by atoms with Crippen molar-refractivity contribution >= 4 is 34.1 Å². The Bertz CT molecular complexity index is 940. The zero-order valence-electron chi connectivity index (χ0n) is 12.1. The van der Waals surface area contributed by atoms with Gasteiger partial charge in [0, 0.05) is 22.0 Å². The Kier molecular flexibility index (Phi) is 3.69. The lowest BCUT2D eigenvalue weighted by Gasteiger charge is -2.02. The van der Waals surface area contributed by atoms with Crippen molar-refractivity contribution in [3.63, 3.8) is 0 Å². The number of rotatable bonds is 4. The minimum absolute atomic E-state index is 0.166. The van der Waals surface area contributed by atoms with E-state index in [1.54, 1.807) is 22.7 Å². The number of nitrogens with zero attached hydrogens (tertiary/aromatic N) is 2. The molecule has 0 bridgehead atoms. The molecule has 4 aromatic heterocycles. The van der Waals surface area contributed by atoms with Gasteiger partial charge in [-0.2, -0.15) is 11.3 Å². The third-order valence-electron chi connectivity index (χ3n) is 3.55. The summed E-state index contributed by atoms with van der Waals surface area (Å²) in [7, 11) is 0. The number of amides is 1. The smallest absolute Gasteiger partial charge is 0.287 e. The molecule has 0 fully saturated rings. The Hall–Kier alpha value is -2.44. The number of fused-ring (bicyclic) bond motifs is 1. The van der Waals surface area contributed by atoms with Crippen molar-refractivity contribution in [2.75, 3.05) is 0 Å². The lowest BCUT2D eigenvalue weighted by molar-refractivity contribution is 0.0940. The summed E-state index contributed by atoms with van der Waals surface area (Å²) in [5, 5.41) is 9.00. The number of hydrogen-bond donors (Lipinski definition) is 1. The number of aromatic nitrogens is 2. The van der Waals surface area contributed by atoms with Crippen molar-refractivity contribution in [1.29, 1.82) is 0 Å². The minimum atomic E-state index is -0.166. The number of pyridine rings is 1. The largest absolute Gasteiger partial charge is 0.344 e. The molecule has 0 unspecified atom stereocenters. The van der Waals surface area contributed by atoms with Crippen LogP contribution >= 0.6 is 22.7 Å². The Morgan fingerprint density at radius 3 is 2.91 bits per heavy atom. The van der Waals surface area contributed by atoms with Crippen molar-refractivity contribution in [1.82, 2.24) is 14.7 Å². The van der Waals surface area contributed by atoms with E-state index in [2.05, 4.69) is 10.3 Å². The third kappa shape index (κ3) is 2.67. The molecule has 4 heterocycles. The lowest BCUT2D eigenvalue weighted by Crippen LogP contribution is -2.24. The van der Waals surface area contributed by atoms with Gasteiger partial charge in [-0.05, 0) is 35.0 Å². The van der Waals surface area contributed by atoms with Crippen molar-refractivity contribution in [2.45, 2.75) is 6.54 Å². The molecule has 1 amide bonds. The summed E-state index contributed by atoms with van der Waals surface area (Å²) >= 11 is 3.25. The average molecular weight is 339 g/mol. The fourth-order valence-corrected chi connectivity index (χ4v) is 3.75. The van der Waals surface area contributed by atoms with Gasteiger partial charge in [-0.15, -0.1) is 11.3 Å². The highest BCUT2D eigenvalue weighted by Gasteiger charge is 2.18. The van der Waals surface area contributed by atoms with Crippen molar-refractivity contribution in [2.24, 2.45) is 0 Å². The molecule has 0 aliphatic carbocycles. The van der Waals surface area contributed by atoms with Crippen LogP contribution in [0.3, 0.4) is 0 Å². The summed E-state index contributed by atoms with van der Waals surface area (Å²) in [6, 6.07) is 11.9. The van der Waals surface area contributed by atoms with E-state index < -0.39 is 0 Å². The van der Waals surface area contributed by atoms with Gasteiger partial charge in [0.1, 0.15) is 0 Å². The predicted molar refractivity (Wildman–Crippen MR) is 94.0 cm³/mol. The number of imidazole rings is 1. The minimum Gasteiger partial charge on any atom is -0.344 e. The van der Waals surface area contributed by atoms with E-state index >= 15 is 0 Å². The molecule has 0 radical (unpaired) electrons. The third-order valence-corrected chi connectivity index (χ3v) is 5.11. The second kappa shape index (κ2) is 5.98. The first-order valence-electron chi connectivity index (χ1n) is 7.13. The van der Waals surface area contributed by atoms with Gasteiger partial charge in [0.2, 0.25) is 5.82 Å². The van der Waals surface area contributed by atoms with Crippen molar-refractivity contribution in [3.8, 4) is 11.3 Å². The molecule has 4 nitrogen and oxygen atoms in total. The van der Waals surface area contributed by atoms with Crippen LogP contribution < -0.4 is 5.32 Å². The van der Waals surface area contributed by atoms with E-state index in [1.165, 1.54) is 0 Å². The van der Waals surface area contributed by atoms with Gasteiger partial charge in [-0.3, -0.25) is 9.20 Å². The first-order valence-corrected chi connectivity index (χ1v) is 8.95. The first kappa shape index (κ1) is 14.2. The molecular weight excluding hydrogens is 326 g/mol. The van der Waals surface area contributed by atoms with E-state index in [1.807, 2.05) is 63.1 Å². The monoisotopic (exact) mass is 339 g/mol. The van der Waals surface area contributed by atoms with E-state index in [0.717, 1.165) is 21.7 Å². The quantitative estimate of drug-likeness (QED) is 0.609. The van der Waals surface area contributed by atoms with Crippen LogP contribution in [0.1, 0.15) is 15.5 Å². The van der Waals surface area contributed by atoms with Crippen LogP contribution in [0.4, 0.5) is 0 Å². The Balaban J connectivity index is 1.71. The van der Waals surface area contributed by atoms with Gasteiger partial charge in [-0.25, -0.2) is 4.98 Å². The van der Waals surface area contributed by atoms with Gasteiger partial charge < -0.3 is 5.32 Å². The molecule has 0 saturated heterocycles. The maximum absolute atomic E-state index is 12.5. The van der Waals surface area contributed by atoms with Gasteiger partial charge in [0.25, 0.3) is 5.91 Å². The van der Waals surface area contributed by atoms with Crippen molar-refractivity contribution < 1.29 is 4.79 Å². The van der Waals surface area contributed by atoms with Crippen molar-refractivity contribution in [3.05, 3.63) is 69.4 Å².